The van der Waals surface area contributed by atoms with Crippen LogP contribution < -0.4 is 0 Å². The summed E-state index contributed by atoms with van der Waals surface area (Å²) in [6, 6.07) is 9.93. The van der Waals surface area contributed by atoms with Crippen molar-refractivity contribution in [2.75, 3.05) is 0 Å². The fraction of sp³-hybridized carbons (Fsp3) is 0.200. The van der Waals surface area contributed by atoms with Gasteiger partial charge in [0.05, 0.1) is 29.1 Å². The van der Waals surface area contributed by atoms with Crippen molar-refractivity contribution in [2.45, 2.75) is 23.5 Å². The monoisotopic (exact) mass is 300 g/mol. The second-order valence-electron chi connectivity index (χ2n) is 4.73. The first-order valence-electron chi connectivity index (χ1n) is 6.60. The van der Waals surface area contributed by atoms with Gasteiger partial charge in [-0.05, 0) is 19.1 Å². The van der Waals surface area contributed by atoms with Gasteiger partial charge in [-0.2, -0.15) is 10.2 Å². The van der Waals surface area contributed by atoms with Crippen molar-refractivity contribution in [3.05, 3.63) is 54.0 Å². The molecule has 6 heteroatoms. The Hall–Kier alpha value is -2.05. The Morgan fingerprint density at radius 2 is 2.00 bits per heavy atom. The molecule has 3 rings (SSSR count). The van der Waals surface area contributed by atoms with Crippen LogP contribution in [0.15, 0.2) is 52.6 Å². The minimum absolute atomic E-state index is 0.0265. The van der Waals surface area contributed by atoms with Crippen LogP contribution in [0.3, 0.4) is 0 Å². The summed E-state index contributed by atoms with van der Waals surface area (Å²) in [5, 5.41) is 19.3. The summed E-state index contributed by atoms with van der Waals surface area (Å²) in [4.78, 5) is 1.02. The van der Waals surface area contributed by atoms with E-state index in [0.29, 0.717) is 0 Å². The fourth-order valence-electron chi connectivity index (χ4n) is 2.13. The second kappa shape index (κ2) is 5.75. The van der Waals surface area contributed by atoms with E-state index in [1.165, 1.54) is 0 Å². The van der Waals surface area contributed by atoms with Gasteiger partial charge >= 0.3 is 0 Å². The average Bonchev–Trinajstić information content (AvgIpc) is 3.04. The molecule has 1 N–H and O–H groups in total. The lowest BCUT2D eigenvalue weighted by Crippen LogP contribution is -1.98. The zero-order chi connectivity index (χ0) is 14.8. The summed E-state index contributed by atoms with van der Waals surface area (Å²) in [6.45, 7) is 1.89. The minimum atomic E-state index is -0.0265. The highest BCUT2D eigenvalue weighted by molar-refractivity contribution is 7.99. The van der Waals surface area contributed by atoms with E-state index < -0.39 is 0 Å². The van der Waals surface area contributed by atoms with Gasteiger partial charge < -0.3 is 5.11 Å². The van der Waals surface area contributed by atoms with Gasteiger partial charge in [0.2, 0.25) is 0 Å². The Morgan fingerprint density at radius 3 is 2.62 bits per heavy atom. The Labute approximate surface area is 127 Å². The molecule has 5 nitrogen and oxygen atoms in total. The standard InChI is InChI=1S/C15H16N4OS/c1-11-14(10-20)15(21-13-8-16-18(2)9-13)19(17-11)12-6-4-3-5-7-12/h3-9,20H,10H2,1-2H3. The molecule has 0 radical (unpaired) electrons. The number of benzene rings is 1. The maximum Gasteiger partial charge on any atom is 0.111 e. The molecular weight excluding hydrogens is 284 g/mol. The lowest BCUT2D eigenvalue weighted by molar-refractivity contribution is 0.278. The maximum absolute atomic E-state index is 9.66. The predicted octanol–water partition coefficient (Wildman–Crippen LogP) is 2.56. The third kappa shape index (κ3) is 2.72. The Bertz CT molecular complexity index is 748. The first kappa shape index (κ1) is 13.9. The van der Waals surface area contributed by atoms with Gasteiger partial charge in [-0.15, -0.1) is 0 Å². The third-order valence-corrected chi connectivity index (χ3v) is 4.25. The van der Waals surface area contributed by atoms with E-state index in [0.717, 1.165) is 26.9 Å². The molecule has 0 saturated carbocycles. The van der Waals surface area contributed by atoms with Crippen molar-refractivity contribution in [3.8, 4) is 5.69 Å². The van der Waals surface area contributed by atoms with Crippen molar-refractivity contribution in [1.82, 2.24) is 19.6 Å². The van der Waals surface area contributed by atoms with E-state index in [-0.39, 0.29) is 6.61 Å². The first-order valence-corrected chi connectivity index (χ1v) is 7.42. The molecule has 2 aromatic heterocycles. The van der Waals surface area contributed by atoms with Crippen molar-refractivity contribution in [2.24, 2.45) is 7.05 Å². The molecule has 108 valence electrons. The smallest absolute Gasteiger partial charge is 0.111 e. The van der Waals surface area contributed by atoms with Crippen molar-refractivity contribution in [1.29, 1.82) is 0 Å². The van der Waals surface area contributed by atoms with Crippen LogP contribution in [0, 0.1) is 6.92 Å². The summed E-state index contributed by atoms with van der Waals surface area (Å²) in [5.74, 6) is 0. The van der Waals surface area contributed by atoms with Crippen molar-refractivity contribution in [3.63, 3.8) is 0 Å². The molecule has 0 spiro atoms. The molecule has 0 bridgehead atoms. The zero-order valence-electron chi connectivity index (χ0n) is 11.9. The van der Waals surface area contributed by atoms with Crippen LogP contribution in [0.2, 0.25) is 0 Å². The molecule has 2 heterocycles. The quantitative estimate of drug-likeness (QED) is 0.804. The third-order valence-electron chi connectivity index (χ3n) is 3.19. The molecule has 0 aliphatic carbocycles. The van der Waals surface area contributed by atoms with Crippen LogP contribution in [0.4, 0.5) is 0 Å². The average molecular weight is 300 g/mol. The number of aliphatic hydroxyl groups excluding tert-OH is 1. The highest BCUT2D eigenvalue weighted by Crippen LogP contribution is 2.33. The molecule has 3 aromatic rings. The van der Waals surface area contributed by atoms with E-state index in [1.807, 2.05) is 61.4 Å². The van der Waals surface area contributed by atoms with Crippen LogP contribution >= 0.6 is 11.8 Å². The lowest BCUT2D eigenvalue weighted by Gasteiger charge is -2.07. The van der Waals surface area contributed by atoms with E-state index in [9.17, 15) is 5.11 Å². The number of hydrogen-bond acceptors (Lipinski definition) is 4. The van der Waals surface area contributed by atoms with Gasteiger partial charge in [-0.1, -0.05) is 30.0 Å². The lowest BCUT2D eigenvalue weighted by atomic mass is 10.3. The number of aromatic nitrogens is 4. The predicted molar refractivity (Wildman–Crippen MR) is 81.6 cm³/mol. The van der Waals surface area contributed by atoms with Crippen molar-refractivity contribution < 1.29 is 5.11 Å². The summed E-state index contributed by atoms with van der Waals surface area (Å²) in [7, 11) is 1.89. The Morgan fingerprint density at radius 1 is 1.24 bits per heavy atom. The highest BCUT2D eigenvalue weighted by atomic mass is 32.2. The summed E-state index contributed by atoms with van der Waals surface area (Å²) < 4.78 is 3.63. The van der Waals surface area contributed by atoms with Gasteiger partial charge in [0.15, 0.2) is 0 Å². The number of nitrogens with zero attached hydrogens (tertiary/aromatic N) is 4. The molecule has 0 atom stereocenters. The molecule has 21 heavy (non-hydrogen) atoms. The van der Waals surface area contributed by atoms with Gasteiger partial charge in [-0.3, -0.25) is 4.68 Å². The maximum atomic E-state index is 9.66. The summed E-state index contributed by atoms with van der Waals surface area (Å²) in [6.07, 6.45) is 3.76. The summed E-state index contributed by atoms with van der Waals surface area (Å²) in [5.41, 5.74) is 2.67. The number of aryl methyl sites for hydroxylation is 2. The largest absolute Gasteiger partial charge is 0.392 e. The molecule has 0 amide bonds. The number of rotatable bonds is 4. The Balaban J connectivity index is 2.08. The SMILES string of the molecule is Cc1nn(-c2ccccc2)c(Sc2cnn(C)c2)c1CO. The topological polar surface area (TPSA) is 55.9 Å². The minimum Gasteiger partial charge on any atom is -0.392 e. The number of para-hydroxylation sites is 1. The van der Waals surface area contributed by atoms with Crippen LogP contribution in [0.25, 0.3) is 5.69 Å². The molecule has 0 aliphatic rings. The summed E-state index contributed by atoms with van der Waals surface area (Å²) >= 11 is 1.56. The number of hydrogen-bond donors (Lipinski definition) is 1. The highest BCUT2D eigenvalue weighted by Gasteiger charge is 2.17. The van der Waals surface area contributed by atoms with Crippen LogP contribution in [0.5, 0.6) is 0 Å². The van der Waals surface area contributed by atoms with Gasteiger partial charge in [0.1, 0.15) is 5.03 Å². The van der Waals surface area contributed by atoms with E-state index in [4.69, 9.17) is 0 Å². The van der Waals surface area contributed by atoms with Crippen molar-refractivity contribution >= 4 is 11.8 Å². The normalized spacial score (nSPS) is 11.0. The van der Waals surface area contributed by atoms with Crippen LogP contribution in [0.1, 0.15) is 11.3 Å². The molecular formula is C15H16N4OS. The Kier molecular flexibility index (Phi) is 3.81. The van der Waals surface area contributed by atoms with Crippen LogP contribution in [-0.2, 0) is 13.7 Å². The number of aliphatic hydroxyl groups is 1. The molecule has 0 saturated heterocycles. The van der Waals surface area contributed by atoms with E-state index in [2.05, 4.69) is 10.2 Å². The first-order chi connectivity index (χ1) is 10.2. The molecule has 0 fully saturated rings. The second-order valence-corrected chi connectivity index (χ2v) is 5.79. The molecule has 1 aromatic carbocycles. The van der Waals surface area contributed by atoms with Gasteiger partial charge in [0.25, 0.3) is 0 Å². The van der Waals surface area contributed by atoms with Gasteiger partial charge in [0, 0.05) is 18.8 Å². The van der Waals surface area contributed by atoms with Gasteiger partial charge in [-0.25, -0.2) is 4.68 Å². The molecule has 0 aliphatic heterocycles. The van der Waals surface area contributed by atoms with E-state index >= 15 is 0 Å². The molecule has 0 unspecified atom stereocenters. The zero-order valence-corrected chi connectivity index (χ0v) is 12.7. The van der Waals surface area contributed by atoms with Crippen LogP contribution in [-0.4, -0.2) is 24.7 Å². The fourth-order valence-corrected chi connectivity index (χ4v) is 3.23. The van der Waals surface area contributed by atoms with E-state index in [1.54, 1.807) is 16.4 Å².